The van der Waals surface area contributed by atoms with Gasteiger partial charge < -0.3 is 21.9 Å². The molecule has 0 saturated carbocycles. The summed E-state index contributed by atoms with van der Waals surface area (Å²) in [5.41, 5.74) is 0. The average molecular weight is 130 g/mol. The fourth-order valence-electron chi connectivity index (χ4n) is 0. The molecule has 6 heteroatoms. The molecular weight excluding hydrogens is 118 g/mol. The Hall–Kier alpha value is 0.905. The molecule has 0 atom stereocenters. The summed E-state index contributed by atoms with van der Waals surface area (Å²) in [6.45, 7) is 0. The van der Waals surface area contributed by atoms with E-state index in [1.165, 1.54) is 0 Å². The van der Waals surface area contributed by atoms with Crippen LogP contribution in [0.3, 0.4) is 0 Å². The summed E-state index contributed by atoms with van der Waals surface area (Å²) in [4.78, 5) is 0. The van der Waals surface area contributed by atoms with Crippen LogP contribution in [0.1, 0.15) is 0 Å². The van der Waals surface area contributed by atoms with Crippen LogP contribution in [-0.2, 0) is 0 Å². The molecule has 6 heavy (non-hydrogen) atoms. The minimum absolute atomic E-state index is 0. The zero-order valence-corrected chi connectivity index (χ0v) is 4.12. The van der Waals surface area contributed by atoms with E-state index in [9.17, 15) is 0 Å². The van der Waals surface area contributed by atoms with Crippen molar-refractivity contribution < 1.29 is 21.9 Å². The monoisotopic (exact) mass is 130 g/mol. The minimum Gasteiger partial charge on any atom is -0.412 e. The van der Waals surface area contributed by atoms with Crippen molar-refractivity contribution in [1.82, 2.24) is 0 Å². The van der Waals surface area contributed by atoms with Gasteiger partial charge in [0.1, 0.15) is 0 Å². The molecule has 0 fully saturated rings. The molecular formula is H12Al2O4. The Balaban J connectivity index is 0. The molecule has 0 bridgehead atoms. The third kappa shape index (κ3) is 91.3. The Morgan fingerprint density at radius 3 is 0.500 bits per heavy atom. The third-order valence-corrected chi connectivity index (χ3v) is 0. The van der Waals surface area contributed by atoms with Gasteiger partial charge in [0.25, 0.3) is 0 Å². The molecule has 0 amide bonds. The molecule has 0 aliphatic carbocycles. The third-order valence-electron chi connectivity index (χ3n) is 0. The summed E-state index contributed by atoms with van der Waals surface area (Å²) >= 11 is 0. The van der Waals surface area contributed by atoms with Crippen molar-refractivity contribution in [2.24, 2.45) is 0 Å². The Bertz CT molecular complexity index is 5.51. The van der Waals surface area contributed by atoms with E-state index in [1.54, 1.807) is 0 Å². The van der Waals surface area contributed by atoms with Gasteiger partial charge in [-0.1, -0.05) is 0 Å². The van der Waals surface area contributed by atoms with E-state index >= 15 is 0 Å². The minimum atomic E-state index is 0. The lowest BCUT2D eigenvalue weighted by Crippen LogP contribution is -0.382. The Labute approximate surface area is 57.0 Å². The maximum atomic E-state index is 0. The molecule has 0 saturated heterocycles. The fraction of sp³-hybridized carbons (Fsp3) is 0. The van der Waals surface area contributed by atoms with Gasteiger partial charge in [-0.15, -0.1) is 0 Å². The molecule has 0 spiro atoms. The van der Waals surface area contributed by atoms with Gasteiger partial charge in [0.2, 0.25) is 0 Å². The SMILES string of the molecule is O.O.O.O.[AlH3].[AlH]. The Kier molecular flexibility index (Phi) is 8500. The lowest BCUT2D eigenvalue weighted by molar-refractivity contribution is 0.823. The van der Waals surface area contributed by atoms with E-state index in [1.807, 2.05) is 0 Å². The van der Waals surface area contributed by atoms with Gasteiger partial charge in [-0.2, -0.15) is 0 Å². The first-order chi connectivity index (χ1) is 0. The van der Waals surface area contributed by atoms with Gasteiger partial charge in [0, 0.05) is 0 Å². The van der Waals surface area contributed by atoms with Crippen molar-refractivity contribution >= 4 is 34.7 Å². The normalized spacial score (nSPS) is 0. The molecule has 2 radical (unpaired) electrons. The lowest BCUT2D eigenvalue weighted by atomic mass is 16.0. The van der Waals surface area contributed by atoms with Gasteiger partial charge in [0.15, 0.2) is 17.4 Å². The zero-order valence-electron chi connectivity index (χ0n) is 2.71. The highest BCUT2D eigenvalue weighted by molar-refractivity contribution is 5.76. The predicted octanol–water partition coefficient (Wildman–Crippen LogP) is -5.13. The average Bonchev–Trinajstić information content (AvgIpc) is 0. The second-order valence-corrected chi connectivity index (χ2v) is 0. The molecule has 0 aromatic carbocycles. The highest BCUT2D eigenvalue weighted by Crippen LogP contribution is -0.286. The van der Waals surface area contributed by atoms with Gasteiger partial charge in [-0.25, -0.2) is 0 Å². The highest BCUT2D eigenvalue weighted by atomic mass is 27.0. The zero-order chi connectivity index (χ0) is 0. The summed E-state index contributed by atoms with van der Waals surface area (Å²) in [6.07, 6.45) is 0. The van der Waals surface area contributed by atoms with Gasteiger partial charge in [-0.05, 0) is 0 Å². The number of rotatable bonds is 0. The van der Waals surface area contributed by atoms with Crippen LogP contribution in [0, 0.1) is 0 Å². The van der Waals surface area contributed by atoms with Crippen LogP contribution in [0.25, 0.3) is 0 Å². The molecule has 0 aliphatic rings. The molecule has 0 aromatic rings. The van der Waals surface area contributed by atoms with Crippen LogP contribution >= 0.6 is 0 Å². The second-order valence-electron chi connectivity index (χ2n) is 0. The van der Waals surface area contributed by atoms with Crippen LogP contribution in [-0.4, -0.2) is 56.6 Å². The second kappa shape index (κ2) is 173. The summed E-state index contributed by atoms with van der Waals surface area (Å²) in [5.74, 6) is 0. The first-order valence-electron chi connectivity index (χ1n) is 0. The van der Waals surface area contributed by atoms with Gasteiger partial charge in [-0.3, -0.25) is 0 Å². The summed E-state index contributed by atoms with van der Waals surface area (Å²) < 4.78 is 0. The van der Waals surface area contributed by atoms with E-state index in [0.29, 0.717) is 0 Å². The Morgan fingerprint density at radius 2 is 0.500 bits per heavy atom. The van der Waals surface area contributed by atoms with E-state index in [2.05, 4.69) is 0 Å². The quantitative estimate of drug-likeness (QED) is 0.291. The molecule has 0 aliphatic heterocycles. The molecule has 0 aromatic heterocycles. The molecule has 0 rings (SSSR count). The van der Waals surface area contributed by atoms with Crippen LogP contribution < -0.4 is 0 Å². The van der Waals surface area contributed by atoms with Crippen LogP contribution in [0.5, 0.6) is 0 Å². The smallest absolute Gasteiger partial charge is 0.187 e. The summed E-state index contributed by atoms with van der Waals surface area (Å²) in [6, 6.07) is 0. The maximum absolute atomic E-state index is 0. The maximum Gasteiger partial charge on any atom is 0.187 e. The molecule has 0 unspecified atom stereocenters. The van der Waals surface area contributed by atoms with Gasteiger partial charge >= 0.3 is 0 Å². The predicted molar refractivity (Wildman–Crippen MR) is 31.5 cm³/mol. The number of hydrogen-bond donors (Lipinski definition) is 0. The van der Waals surface area contributed by atoms with Crippen molar-refractivity contribution in [3.8, 4) is 0 Å². The number of hydrogen-bond acceptors (Lipinski definition) is 0. The van der Waals surface area contributed by atoms with Crippen molar-refractivity contribution in [3.63, 3.8) is 0 Å². The first-order valence-corrected chi connectivity index (χ1v) is 0. The first kappa shape index (κ1) is 294. The molecule has 8 N–H and O–H groups in total. The van der Waals surface area contributed by atoms with E-state index in [-0.39, 0.29) is 56.6 Å². The fourth-order valence-corrected chi connectivity index (χ4v) is 0. The van der Waals surface area contributed by atoms with Crippen LogP contribution in [0.4, 0.5) is 0 Å². The molecule has 4 nitrogen and oxygen atoms in total. The highest BCUT2D eigenvalue weighted by Gasteiger charge is 0.187. The van der Waals surface area contributed by atoms with Gasteiger partial charge in [0.05, 0.1) is 17.4 Å². The van der Waals surface area contributed by atoms with Crippen molar-refractivity contribution in [2.45, 2.75) is 0 Å². The summed E-state index contributed by atoms with van der Waals surface area (Å²) in [5, 5.41) is 0. The lowest BCUT2D eigenvalue weighted by Gasteiger charge is -0.413. The van der Waals surface area contributed by atoms with E-state index < -0.39 is 0 Å². The standard InChI is InChI=1S/2Al.4H2O.4H/h;;4*1H2;;;;. The van der Waals surface area contributed by atoms with Crippen molar-refractivity contribution in [2.75, 3.05) is 0 Å². The van der Waals surface area contributed by atoms with E-state index in [4.69, 9.17) is 0 Å². The van der Waals surface area contributed by atoms with Crippen LogP contribution in [0.15, 0.2) is 0 Å². The molecule has 0 heterocycles. The Morgan fingerprint density at radius 1 is 0.500 bits per heavy atom. The van der Waals surface area contributed by atoms with E-state index in [0.717, 1.165) is 0 Å². The topological polar surface area (TPSA) is 126 Å². The van der Waals surface area contributed by atoms with Crippen molar-refractivity contribution in [3.05, 3.63) is 0 Å². The largest absolute Gasteiger partial charge is 0.412 e. The molecule has 42 valence electrons. The summed E-state index contributed by atoms with van der Waals surface area (Å²) in [7, 11) is 0. The van der Waals surface area contributed by atoms with Crippen LogP contribution in [0.2, 0.25) is 0 Å². The van der Waals surface area contributed by atoms with Crippen molar-refractivity contribution in [1.29, 1.82) is 0 Å².